The molecule has 0 saturated heterocycles. The molecule has 0 bridgehead atoms. The summed E-state index contributed by atoms with van der Waals surface area (Å²) >= 11 is 0. The second kappa shape index (κ2) is 12.6. The highest BCUT2D eigenvalue weighted by Crippen LogP contribution is 2.54. The van der Waals surface area contributed by atoms with Crippen LogP contribution >= 0.6 is 17.2 Å². The van der Waals surface area contributed by atoms with E-state index in [2.05, 4.69) is 87.2 Å². The molecular weight excluding hydrogens is 442 g/mol. The van der Waals surface area contributed by atoms with Crippen LogP contribution in [0.2, 0.25) is 0 Å². The summed E-state index contributed by atoms with van der Waals surface area (Å²) in [6.07, 6.45) is 8.85. The Kier molecular flexibility index (Phi) is 10.1. The zero-order valence-electron chi connectivity index (χ0n) is 21.6. The Morgan fingerprint density at radius 3 is 2.30 bits per heavy atom. The van der Waals surface area contributed by atoms with Crippen LogP contribution in [-0.2, 0) is 0 Å². The number of hydrogen-bond donors (Lipinski definition) is 0. The van der Waals surface area contributed by atoms with Gasteiger partial charge in [0.25, 0.3) is 0 Å². The lowest BCUT2D eigenvalue weighted by Gasteiger charge is -2.25. The van der Waals surface area contributed by atoms with Crippen LogP contribution in [-0.4, -0.2) is 18.1 Å². The molecule has 0 radical (unpaired) electrons. The van der Waals surface area contributed by atoms with E-state index in [0.717, 1.165) is 17.9 Å². The summed E-state index contributed by atoms with van der Waals surface area (Å²) in [5.74, 6) is 3.44. The number of hydrogen-bond acceptors (Lipinski definition) is 2. The maximum atomic E-state index is 6.64. The van der Waals surface area contributed by atoms with Crippen molar-refractivity contribution in [2.75, 3.05) is 6.16 Å². The molecule has 33 heavy (non-hydrogen) atoms. The Bertz CT molecular complexity index is 893. The van der Waals surface area contributed by atoms with Crippen LogP contribution in [0, 0.1) is 11.8 Å². The smallest absolute Gasteiger partial charge is 0.128 e. The Hall–Kier alpha value is -1.10. The molecule has 0 amide bonds. The van der Waals surface area contributed by atoms with Crippen LogP contribution < -0.4 is 20.1 Å². The van der Waals surface area contributed by atoms with Crippen molar-refractivity contribution < 1.29 is 9.47 Å². The molecule has 2 aromatic rings. The standard InChI is InChI=1S/C29H44O2P2/c1-7-9-11-16-24(20(3)4)30-25-17-12-14-22(27(25)32)23-15-13-18-26-28(23)33(19-10-8-2)29(31-26)21(5)6/h12-15,17-18,20-21,24,29H,7-11,16,19,32H2,1-6H3/t24?,29-,33?/m0/s1. The number of unbranched alkanes of at least 4 members (excludes halogenated alkanes) is 3. The fraction of sp³-hybridized carbons (Fsp3) is 0.586. The average Bonchev–Trinajstić information content (AvgIpc) is 3.17. The maximum absolute atomic E-state index is 6.64. The van der Waals surface area contributed by atoms with Crippen LogP contribution in [0.25, 0.3) is 11.1 Å². The molecule has 182 valence electrons. The topological polar surface area (TPSA) is 18.5 Å². The van der Waals surface area contributed by atoms with Gasteiger partial charge in [-0.05, 0) is 68.4 Å². The van der Waals surface area contributed by atoms with E-state index in [1.807, 2.05) is 0 Å². The van der Waals surface area contributed by atoms with E-state index in [-0.39, 0.29) is 14.0 Å². The van der Waals surface area contributed by atoms with Crippen LogP contribution in [0.15, 0.2) is 36.4 Å². The molecule has 1 aliphatic heterocycles. The maximum Gasteiger partial charge on any atom is 0.128 e. The summed E-state index contributed by atoms with van der Waals surface area (Å²) in [6.45, 7) is 13.7. The minimum atomic E-state index is -0.346. The highest BCUT2D eigenvalue weighted by molar-refractivity contribution is 7.67. The van der Waals surface area contributed by atoms with Gasteiger partial charge in [0.05, 0.1) is 0 Å². The normalized spacial score (nSPS) is 18.5. The third-order valence-electron chi connectivity index (χ3n) is 6.63. The van der Waals surface area contributed by atoms with Crippen molar-refractivity contribution in [2.45, 2.75) is 92.0 Å². The first-order valence-electron chi connectivity index (χ1n) is 13.0. The molecule has 3 unspecified atom stereocenters. The molecule has 0 aliphatic carbocycles. The minimum absolute atomic E-state index is 0.253. The van der Waals surface area contributed by atoms with E-state index in [1.54, 1.807) is 0 Å². The van der Waals surface area contributed by atoms with Crippen molar-refractivity contribution in [1.82, 2.24) is 0 Å². The van der Waals surface area contributed by atoms with E-state index in [9.17, 15) is 0 Å². The van der Waals surface area contributed by atoms with Crippen LogP contribution in [0.1, 0.15) is 80.1 Å². The first-order valence-corrected chi connectivity index (χ1v) is 15.2. The van der Waals surface area contributed by atoms with Gasteiger partial charge in [-0.1, -0.05) is 85.1 Å². The van der Waals surface area contributed by atoms with Crippen molar-refractivity contribution in [3.8, 4) is 22.6 Å². The van der Waals surface area contributed by atoms with Crippen LogP contribution in [0.5, 0.6) is 11.5 Å². The lowest BCUT2D eigenvalue weighted by Crippen LogP contribution is -2.25. The number of fused-ring (bicyclic) bond motifs is 1. The van der Waals surface area contributed by atoms with Gasteiger partial charge in [0.15, 0.2) is 0 Å². The van der Waals surface area contributed by atoms with Gasteiger partial charge >= 0.3 is 0 Å². The van der Waals surface area contributed by atoms with Gasteiger partial charge in [0, 0.05) is 10.6 Å². The zero-order valence-corrected chi connectivity index (χ0v) is 23.6. The van der Waals surface area contributed by atoms with E-state index >= 15 is 0 Å². The molecule has 0 N–H and O–H groups in total. The van der Waals surface area contributed by atoms with Crippen LogP contribution in [0.4, 0.5) is 0 Å². The highest BCUT2D eigenvalue weighted by Gasteiger charge is 2.37. The molecule has 0 aromatic heterocycles. The van der Waals surface area contributed by atoms with Gasteiger partial charge < -0.3 is 9.47 Å². The molecule has 1 heterocycles. The van der Waals surface area contributed by atoms with Crippen molar-refractivity contribution >= 4 is 27.8 Å². The van der Waals surface area contributed by atoms with Crippen molar-refractivity contribution in [1.29, 1.82) is 0 Å². The first-order chi connectivity index (χ1) is 15.9. The number of rotatable bonds is 12. The molecule has 2 aromatic carbocycles. The van der Waals surface area contributed by atoms with Gasteiger partial charge in [0.2, 0.25) is 0 Å². The quantitative estimate of drug-likeness (QED) is 0.223. The third-order valence-corrected chi connectivity index (χ3v) is 10.4. The monoisotopic (exact) mass is 486 g/mol. The fourth-order valence-electron chi connectivity index (χ4n) is 4.68. The molecule has 1 aliphatic rings. The fourth-order valence-corrected chi connectivity index (χ4v) is 8.36. The van der Waals surface area contributed by atoms with Gasteiger partial charge in [0.1, 0.15) is 23.4 Å². The lowest BCUT2D eigenvalue weighted by molar-refractivity contribution is 0.140. The third kappa shape index (κ3) is 6.32. The summed E-state index contributed by atoms with van der Waals surface area (Å²) in [5, 5.41) is 2.63. The molecule has 4 atom stereocenters. The number of ether oxygens (including phenoxy) is 2. The Labute approximate surface area is 206 Å². The van der Waals surface area contributed by atoms with Gasteiger partial charge in [-0.3, -0.25) is 0 Å². The lowest BCUT2D eigenvalue weighted by atomic mass is 10.0. The molecule has 2 nitrogen and oxygen atoms in total. The van der Waals surface area contributed by atoms with Crippen molar-refractivity contribution in [2.24, 2.45) is 11.8 Å². The van der Waals surface area contributed by atoms with Gasteiger partial charge in [-0.25, -0.2) is 0 Å². The summed E-state index contributed by atoms with van der Waals surface area (Å²) in [7, 11) is 2.65. The van der Waals surface area contributed by atoms with E-state index in [4.69, 9.17) is 9.47 Å². The predicted molar refractivity (Wildman–Crippen MR) is 150 cm³/mol. The molecule has 0 spiro atoms. The predicted octanol–water partition coefficient (Wildman–Crippen LogP) is 8.12. The van der Waals surface area contributed by atoms with Crippen LogP contribution in [0.3, 0.4) is 0 Å². The SMILES string of the molecule is CCCCCC(Oc1cccc(-c2cccc3c2P(CCCC)[C@@H](C(C)C)O3)c1P)C(C)C. The van der Waals surface area contributed by atoms with E-state index in [0.29, 0.717) is 17.7 Å². The molecule has 0 fully saturated rings. The summed E-state index contributed by atoms with van der Waals surface area (Å²) in [5.41, 5.74) is 2.60. The Morgan fingerprint density at radius 2 is 1.64 bits per heavy atom. The Morgan fingerprint density at radius 1 is 0.939 bits per heavy atom. The summed E-state index contributed by atoms with van der Waals surface area (Å²) < 4.78 is 13.2. The first kappa shape index (κ1) is 26.5. The second-order valence-electron chi connectivity index (χ2n) is 10.1. The second-order valence-corrected chi connectivity index (χ2v) is 13.0. The summed E-state index contributed by atoms with van der Waals surface area (Å²) in [6, 6.07) is 13.2. The zero-order chi connectivity index (χ0) is 24.0. The molecule has 3 rings (SSSR count). The van der Waals surface area contributed by atoms with Crippen molar-refractivity contribution in [3.05, 3.63) is 36.4 Å². The molecule has 4 heteroatoms. The Balaban J connectivity index is 1.96. The van der Waals surface area contributed by atoms with Gasteiger partial charge in [-0.2, -0.15) is 0 Å². The molecule has 0 saturated carbocycles. The largest absolute Gasteiger partial charge is 0.490 e. The van der Waals surface area contributed by atoms with E-state index < -0.39 is 0 Å². The van der Waals surface area contributed by atoms with Crippen molar-refractivity contribution in [3.63, 3.8) is 0 Å². The van der Waals surface area contributed by atoms with E-state index in [1.165, 1.54) is 60.0 Å². The minimum Gasteiger partial charge on any atom is -0.490 e. The highest BCUT2D eigenvalue weighted by atomic mass is 31.1. The average molecular weight is 487 g/mol. The number of benzene rings is 2. The molecular formula is C29H44O2P2. The summed E-state index contributed by atoms with van der Waals surface area (Å²) in [4.78, 5) is 0. The van der Waals surface area contributed by atoms with Gasteiger partial charge in [-0.15, -0.1) is 9.24 Å².